The van der Waals surface area contributed by atoms with E-state index in [9.17, 15) is 31.5 Å². The molecular weight excluding hydrogens is 513 g/mol. The van der Waals surface area contributed by atoms with E-state index in [0.29, 0.717) is 0 Å². The molecule has 1 unspecified atom stereocenters. The molecule has 0 aliphatic carbocycles. The van der Waals surface area contributed by atoms with Crippen LogP contribution in [0.4, 0.5) is 33.6 Å². The van der Waals surface area contributed by atoms with Gasteiger partial charge in [-0.05, 0) is 38.5 Å². The van der Waals surface area contributed by atoms with Crippen molar-refractivity contribution in [3.05, 3.63) is 34.5 Å². The van der Waals surface area contributed by atoms with Gasteiger partial charge in [0.1, 0.15) is 11.6 Å². The lowest BCUT2D eigenvalue weighted by atomic mass is 9.83. The number of rotatable bonds is 6. The molecule has 0 bridgehead atoms. The van der Waals surface area contributed by atoms with Crippen LogP contribution in [0.25, 0.3) is 16.9 Å². The summed E-state index contributed by atoms with van der Waals surface area (Å²) in [6.45, 7) is 3.30. The van der Waals surface area contributed by atoms with Gasteiger partial charge in [-0.3, -0.25) is 9.59 Å². The SMILES string of the molecule is CCNC(=O)C1(C)C(=O)Nc2nc(-n3nc(CCC(F)(F)C(F)(F)F)c4cc(Cl)ccc43)nc(N)c21. The van der Waals surface area contributed by atoms with Crippen LogP contribution < -0.4 is 16.4 Å². The minimum absolute atomic E-state index is 0.0479. The summed E-state index contributed by atoms with van der Waals surface area (Å²) in [5, 5.41) is 9.61. The van der Waals surface area contributed by atoms with Gasteiger partial charge in [0, 0.05) is 23.4 Å². The van der Waals surface area contributed by atoms with Gasteiger partial charge in [0.2, 0.25) is 11.8 Å². The normalized spacial score (nSPS) is 17.8. The van der Waals surface area contributed by atoms with Gasteiger partial charge in [0.15, 0.2) is 5.41 Å². The van der Waals surface area contributed by atoms with Crippen molar-refractivity contribution in [2.75, 3.05) is 17.6 Å². The predicted molar refractivity (Wildman–Crippen MR) is 120 cm³/mol. The van der Waals surface area contributed by atoms with Crippen molar-refractivity contribution < 1.29 is 31.5 Å². The fraction of sp³-hybridized carbons (Fsp3) is 0.381. The van der Waals surface area contributed by atoms with Crippen LogP contribution in [0.1, 0.15) is 31.5 Å². The summed E-state index contributed by atoms with van der Waals surface area (Å²) in [7, 11) is 0. The summed E-state index contributed by atoms with van der Waals surface area (Å²) in [4.78, 5) is 33.7. The van der Waals surface area contributed by atoms with E-state index in [2.05, 4.69) is 25.7 Å². The van der Waals surface area contributed by atoms with Crippen molar-refractivity contribution in [3.63, 3.8) is 0 Å². The number of nitrogens with one attached hydrogen (secondary N) is 2. The molecule has 9 nitrogen and oxygen atoms in total. The highest BCUT2D eigenvalue weighted by Gasteiger charge is 2.56. The van der Waals surface area contributed by atoms with E-state index < -0.39 is 42.2 Å². The highest BCUT2D eigenvalue weighted by molar-refractivity contribution is 6.31. The Bertz CT molecular complexity index is 1390. The second-order valence-electron chi connectivity index (χ2n) is 8.29. The Balaban J connectivity index is 1.81. The summed E-state index contributed by atoms with van der Waals surface area (Å²) in [6.07, 6.45) is -7.98. The minimum atomic E-state index is -5.71. The zero-order valence-corrected chi connectivity index (χ0v) is 19.6. The Kier molecular flexibility index (Phi) is 6.06. The van der Waals surface area contributed by atoms with E-state index in [4.69, 9.17) is 17.3 Å². The first-order valence-electron chi connectivity index (χ1n) is 10.6. The lowest BCUT2D eigenvalue weighted by Gasteiger charge is -2.21. The maximum absolute atomic E-state index is 13.6. The Morgan fingerprint density at radius 1 is 1.25 bits per heavy atom. The number of halogens is 6. The van der Waals surface area contributed by atoms with Crippen LogP contribution in [0.2, 0.25) is 5.02 Å². The summed E-state index contributed by atoms with van der Waals surface area (Å²) in [5.41, 5.74) is 4.60. The van der Waals surface area contributed by atoms with Gasteiger partial charge >= 0.3 is 12.1 Å². The number of nitrogens with two attached hydrogens (primary N) is 1. The lowest BCUT2D eigenvalue weighted by molar-refractivity contribution is -0.284. The Morgan fingerprint density at radius 2 is 1.94 bits per heavy atom. The summed E-state index contributed by atoms with van der Waals surface area (Å²) in [6, 6.07) is 4.28. The summed E-state index contributed by atoms with van der Waals surface area (Å²) < 4.78 is 66.2. The number of likely N-dealkylation sites (N-methyl/N-ethyl adjacent to an activating group) is 1. The number of nitrogens with zero attached hydrogens (tertiary/aromatic N) is 4. The number of aryl methyl sites for hydroxylation is 1. The van der Waals surface area contributed by atoms with Crippen LogP contribution in [0.3, 0.4) is 0 Å². The number of amides is 2. The molecule has 1 atom stereocenters. The van der Waals surface area contributed by atoms with Crippen LogP contribution in [0.5, 0.6) is 0 Å². The third kappa shape index (κ3) is 3.98. The molecule has 1 aromatic carbocycles. The molecule has 192 valence electrons. The number of benzene rings is 1. The average molecular weight is 532 g/mol. The van der Waals surface area contributed by atoms with Gasteiger partial charge in [-0.25, -0.2) is 0 Å². The van der Waals surface area contributed by atoms with Crippen molar-refractivity contribution in [1.82, 2.24) is 25.1 Å². The molecule has 0 radical (unpaired) electrons. The fourth-order valence-corrected chi connectivity index (χ4v) is 4.12. The molecule has 36 heavy (non-hydrogen) atoms. The number of anilines is 2. The maximum Gasteiger partial charge on any atom is 0.453 e. The number of hydrogen-bond acceptors (Lipinski definition) is 6. The smallest absolute Gasteiger partial charge is 0.383 e. The van der Waals surface area contributed by atoms with Crippen LogP contribution in [0, 0.1) is 0 Å². The molecule has 4 N–H and O–H groups in total. The Hall–Kier alpha value is -3.55. The molecule has 1 aliphatic heterocycles. The van der Waals surface area contributed by atoms with E-state index in [0.717, 1.165) is 4.68 Å². The van der Waals surface area contributed by atoms with E-state index in [1.54, 1.807) is 6.92 Å². The quantitative estimate of drug-likeness (QED) is 0.330. The number of aromatic nitrogens is 4. The topological polar surface area (TPSA) is 128 Å². The largest absolute Gasteiger partial charge is 0.453 e. The third-order valence-electron chi connectivity index (χ3n) is 5.90. The number of hydrogen-bond donors (Lipinski definition) is 3. The predicted octanol–water partition coefficient (Wildman–Crippen LogP) is 3.53. The first-order valence-corrected chi connectivity index (χ1v) is 11.0. The third-order valence-corrected chi connectivity index (χ3v) is 6.14. The summed E-state index contributed by atoms with van der Waals surface area (Å²) in [5.74, 6) is -6.70. The molecule has 3 heterocycles. The van der Waals surface area contributed by atoms with Gasteiger partial charge in [0.05, 0.1) is 16.8 Å². The monoisotopic (exact) mass is 531 g/mol. The summed E-state index contributed by atoms with van der Waals surface area (Å²) >= 11 is 6.01. The van der Waals surface area contributed by atoms with Crippen molar-refractivity contribution in [3.8, 4) is 5.95 Å². The van der Waals surface area contributed by atoms with Gasteiger partial charge in [-0.1, -0.05) is 11.6 Å². The number of nitrogen functional groups attached to an aromatic ring is 1. The van der Waals surface area contributed by atoms with Crippen molar-refractivity contribution in [2.45, 2.75) is 44.2 Å². The van der Waals surface area contributed by atoms with E-state index in [-0.39, 0.29) is 51.3 Å². The van der Waals surface area contributed by atoms with Crippen molar-refractivity contribution in [1.29, 1.82) is 0 Å². The number of alkyl halides is 5. The molecule has 0 saturated carbocycles. The molecule has 2 aromatic heterocycles. The number of carbonyl (C=O) groups is 2. The number of carbonyl (C=O) groups excluding carboxylic acids is 2. The zero-order chi connectivity index (χ0) is 26.6. The van der Waals surface area contributed by atoms with Crippen molar-refractivity contribution in [2.24, 2.45) is 0 Å². The molecule has 0 fully saturated rings. The Labute approximate surface area is 205 Å². The number of fused-ring (bicyclic) bond motifs is 2. The van der Waals surface area contributed by atoms with Gasteiger partial charge < -0.3 is 16.4 Å². The minimum Gasteiger partial charge on any atom is -0.383 e. The van der Waals surface area contributed by atoms with Crippen LogP contribution in [-0.4, -0.2) is 50.2 Å². The molecule has 4 rings (SSSR count). The second kappa shape index (κ2) is 8.54. The molecule has 0 spiro atoms. The van der Waals surface area contributed by atoms with Crippen LogP contribution >= 0.6 is 11.6 Å². The van der Waals surface area contributed by atoms with Gasteiger partial charge in [-0.15, -0.1) is 0 Å². The van der Waals surface area contributed by atoms with Crippen LogP contribution in [-0.2, 0) is 21.4 Å². The lowest BCUT2D eigenvalue weighted by Crippen LogP contribution is -2.47. The molecular formula is C21H19ClF5N7O2. The maximum atomic E-state index is 13.6. The fourth-order valence-electron chi connectivity index (χ4n) is 3.95. The molecule has 2 amide bonds. The standard InChI is InChI=1S/C21H19ClF5N7O2/c1-3-29-16(35)19(2)13-14(28)30-18(32-15(13)31-17(19)36)34-12-5-4-9(22)8-10(12)11(33-34)6-7-20(23,24)21(25,26)27/h4-5,8H,3,6-7H2,1-2H3,(H,29,35)(H3,28,30,31,32,36). The first-order chi connectivity index (χ1) is 16.7. The molecule has 3 aromatic rings. The highest BCUT2D eigenvalue weighted by atomic mass is 35.5. The highest BCUT2D eigenvalue weighted by Crippen LogP contribution is 2.41. The van der Waals surface area contributed by atoms with E-state index in [1.807, 2.05) is 0 Å². The zero-order valence-electron chi connectivity index (χ0n) is 18.8. The van der Waals surface area contributed by atoms with Crippen LogP contribution in [0.15, 0.2) is 18.2 Å². The van der Waals surface area contributed by atoms with Gasteiger partial charge in [-0.2, -0.15) is 41.7 Å². The van der Waals surface area contributed by atoms with Gasteiger partial charge in [0.25, 0.3) is 5.95 Å². The Morgan fingerprint density at radius 3 is 2.58 bits per heavy atom. The van der Waals surface area contributed by atoms with E-state index >= 15 is 0 Å². The van der Waals surface area contributed by atoms with Crippen molar-refractivity contribution >= 4 is 46.0 Å². The molecule has 0 saturated heterocycles. The molecule has 15 heteroatoms. The first kappa shape index (κ1) is 25.5. The average Bonchev–Trinajstić information content (AvgIpc) is 3.26. The molecule has 1 aliphatic rings. The second-order valence-corrected chi connectivity index (χ2v) is 8.73. The van der Waals surface area contributed by atoms with E-state index in [1.165, 1.54) is 25.1 Å².